The van der Waals surface area contributed by atoms with Gasteiger partial charge in [0.05, 0.1) is 6.10 Å². The van der Waals surface area contributed by atoms with Gasteiger partial charge in [0.2, 0.25) is 0 Å². The van der Waals surface area contributed by atoms with Gasteiger partial charge in [-0.2, -0.15) is 0 Å². The Labute approximate surface area is 134 Å². The minimum Gasteiger partial charge on any atom is -0.422 e. The molecule has 3 aliphatic rings. The highest BCUT2D eigenvalue weighted by atomic mass is 16.4. The molecule has 0 bridgehead atoms. The third-order valence-corrected chi connectivity index (χ3v) is 5.77. The summed E-state index contributed by atoms with van der Waals surface area (Å²) in [6.07, 6.45) is 6.13. The average Bonchev–Trinajstić information content (AvgIpc) is 2.57. The molecule has 23 heavy (non-hydrogen) atoms. The maximum Gasteiger partial charge on any atom is 0.339 e. The summed E-state index contributed by atoms with van der Waals surface area (Å²) in [4.78, 5) is 14.9. The van der Waals surface area contributed by atoms with Crippen molar-refractivity contribution in [3.63, 3.8) is 0 Å². The maximum absolute atomic E-state index is 12.5. The van der Waals surface area contributed by atoms with Crippen molar-refractivity contribution in [2.75, 3.05) is 18.0 Å². The summed E-state index contributed by atoms with van der Waals surface area (Å²) >= 11 is 0. The van der Waals surface area contributed by atoms with E-state index in [1.807, 2.05) is 0 Å². The van der Waals surface area contributed by atoms with Gasteiger partial charge in [-0.15, -0.1) is 0 Å². The average molecular weight is 311 g/mol. The highest BCUT2D eigenvalue weighted by Crippen LogP contribution is 2.43. The Morgan fingerprint density at radius 2 is 1.87 bits per heavy atom. The SMILES string of the molecule is O=c1oc2c3c4c(cc2c2c1CCCC2O)CCCN4CCC3. The van der Waals surface area contributed by atoms with Crippen molar-refractivity contribution in [2.45, 2.75) is 51.0 Å². The third-order valence-electron chi connectivity index (χ3n) is 5.77. The molecule has 0 radical (unpaired) electrons. The van der Waals surface area contributed by atoms with E-state index in [4.69, 9.17) is 4.42 Å². The zero-order chi connectivity index (χ0) is 15.6. The second kappa shape index (κ2) is 4.84. The van der Waals surface area contributed by atoms with E-state index in [9.17, 15) is 9.90 Å². The van der Waals surface area contributed by atoms with Crippen LogP contribution in [0.15, 0.2) is 15.3 Å². The quantitative estimate of drug-likeness (QED) is 0.760. The maximum atomic E-state index is 12.5. The molecule has 1 atom stereocenters. The van der Waals surface area contributed by atoms with E-state index in [0.29, 0.717) is 5.56 Å². The number of benzene rings is 1. The van der Waals surface area contributed by atoms with Crippen LogP contribution in [-0.4, -0.2) is 18.2 Å². The first-order chi connectivity index (χ1) is 11.2. The Bertz CT molecular complexity index is 865. The standard InChI is InChI=1S/C19H21NO3/c21-15-7-1-5-12-16(15)14-10-11-4-2-8-20-9-3-6-13(17(11)20)18(14)23-19(12)22/h10,15,21H,1-9H2. The number of hydrogen-bond donors (Lipinski definition) is 1. The van der Waals surface area contributed by atoms with Crippen molar-refractivity contribution < 1.29 is 9.52 Å². The summed E-state index contributed by atoms with van der Waals surface area (Å²) in [6, 6.07) is 2.20. The van der Waals surface area contributed by atoms with E-state index >= 15 is 0 Å². The van der Waals surface area contributed by atoms with Gasteiger partial charge < -0.3 is 14.4 Å². The first kappa shape index (κ1) is 13.6. The monoisotopic (exact) mass is 311 g/mol. The summed E-state index contributed by atoms with van der Waals surface area (Å²) in [5.41, 5.74) is 5.92. The zero-order valence-corrected chi connectivity index (χ0v) is 13.2. The van der Waals surface area contributed by atoms with E-state index in [0.717, 1.165) is 68.1 Å². The van der Waals surface area contributed by atoms with Crippen molar-refractivity contribution in [3.8, 4) is 0 Å². The van der Waals surface area contributed by atoms with E-state index in [2.05, 4.69) is 11.0 Å². The van der Waals surface area contributed by atoms with Gasteiger partial charge in [-0.1, -0.05) is 0 Å². The fourth-order valence-corrected chi connectivity index (χ4v) is 4.81. The number of hydrogen-bond acceptors (Lipinski definition) is 4. The molecule has 2 aromatic rings. The Hall–Kier alpha value is -1.81. The van der Waals surface area contributed by atoms with Gasteiger partial charge in [0.1, 0.15) is 5.58 Å². The lowest BCUT2D eigenvalue weighted by molar-refractivity contribution is 0.157. The minimum absolute atomic E-state index is 0.240. The second-order valence-corrected chi connectivity index (χ2v) is 7.12. The molecular weight excluding hydrogens is 290 g/mol. The van der Waals surface area contributed by atoms with Crippen molar-refractivity contribution in [1.82, 2.24) is 0 Å². The number of anilines is 1. The first-order valence-electron chi connectivity index (χ1n) is 8.81. The van der Waals surface area contributed by atoms with Crippen LogP contribution in [0.1, 0.15) is 54.0 Å². The Morgan fingerprint density at radius 3 is 2.74 bits per heavy atom. The topological polar surface area (TPSA) is 53.7 Å². The highest BCUT2D eigenvalue weighted by molar-refractivity contribution is 5.91. The van der Waals surface area contributed by atoms with Crippen LogP contribution in [-0.2, 0) is 19.3 Å². The summed E-state index contributed by atoms with van der Waals surface area (Å²) in [7, 11) is 0. The third kappa shape index (κ3) is 1.84. The number of nitrogens with zero attached hydrogens (tertiary/aromatic N) is 1. The summed E-state index contributed by atoms with van der Waals surface area (Å²) in [5, 5.41) is 11.5. The van der Waals surface area contributed by atoms with Crippen LogP contribution in [0.25, 0.3) is 11.0 Å². The van der Waals surface area contributed by atoms with Crippen LogP contribution in [0, 0.1) is 0 Å². The van der Waals surface area contributed by atoms with E-state index < -0.39 is 6.10 Å². The van der Waals surface area contributed by atoms with Gasteiger partial charge in [-0.3, -0.25) is 0 Å². The molecule has 1 aromatic heterocycles. The number of aliphatic hydroxyl groups is 1. The molecule has 0 saturated carbocycles. The number of rotatable bonds is 0. The van der Waals surface area contributed by atoms with Gasteiger partial charge >= 0.3 is 5.63 Å². The normalized spacial score (nSPS) is 22.8. The van der Waals surface area contributed by atoms with Crippen LogP contribution in [0.3, 0.4) is 0 Å². The van der Waals surface area contributed by atoms with Gasteiger partial charge in [0, 0.05) is 40.9 Å². The zero-order valence-electron chi connectivity index (χ0n) is 13.2. The molecule has 120 valence electrons. The lowest BCUT2D eigenvalue weighted by Crippen LogP contribution is -2.34. The molecule has 1 unspecified atom stereocenters. The summed E-state index contributed by atoms with van der Waals surface area (Å²) in [6.45, 7) is 2.20. The summed E-state index contributed by atoms with van der Waals surface area (Å²) in [5.74, 6) is 0. The lowest BCUT2D eigenvalue weighted by Gasteiger charge is -2.37. The predicted octanol–water partition coefficient (Wildman–Crippen LogP) is 2.86. The first-order valence-corrected chi connectivity index (χ1v) is 8.81. The van der Waals surface area contributed by atoms with Crippen molar-refractivity contribution in [3.05, 3.63) is 38.7 Å². The molecule has 4 nitrogen and oxygen atoms in total. The highest BCUT2D eigenvalue weighted by Gasteiger charge is 2.31. The van der Waals surface area contributed by atoms with E-state index in [1.165, 1.54) is 23.2 Å². The van der Waals surface area contributed by atoms with Crippen LogP contribution in [0.4, 0.5) is 5.69 Å². The van der Waals surface area contributed by atoms with Crippen LogP contribution in [0.2, 0.25) is 0 Å². The predicted molar refractivity (Wildman–Crippen MR) is 89.2 cm³/mol. The number of aryl methyl sites for hydroxylation is 2. The molecular formula is C19H21NO3. The second-order valence-electron chi connectivity index (χ2n) is 7.12. The molecule has 5 rings (SSSR count). The Kier molecular flexibility index (Phi) is 2.87. The van der Waals surface area contributed by atoms with Crippen LogP contribution >= 0.6 is 0 Å². The molecule has 4 heteroatoms. The van der Waals surface area contributed by atoms with Gasteiger partial charge in [-0.05, 0) is 56.6 Å². The molecule has 0 amide bonds. The van der Waals surface area contributed by atoms with Gasteiger partial charge in [0.15, 0.2) is 0 Å². The van der Waals surface area contributed by atoms with Crippen molar-refractivity contribution in [2.24, 2.45) is 0 Å². The van der Waals surface area contributed by atoms with E-state index in [1.54, 1.807) is 0 Å². The van der Waals surface area contributed by atoms with Gasteiger partial charge in [0.25, 0.3) is 0 Å². The molecule has 1 N–H and O–H groups in total. The lowest BCUT2D eigenvalue weighted by atomic mass is 9.84. The number of aliphatic hydroxyl groups excluding tert-OH is 1. The number of fused-ring (bicyclic) bond motifs is 4. The van der Waals surface area contributed by atoms with Crippen LogP contribution < -0.4 is 10.5 Å². The molecule has 1 aromatic carbocycles. The smallest absolute Gasteiger partial charge is 0.339 e. The molecule has 0 spiro atoms. The van der Waals surface area contributed by atoms with Crippen molar-refractivity contribution in [1.29, 1.82) is 0 Å². The molecule has 0 fully saturated rings. The van der Waals surface area contributed by atoms with Crippen LogP contribution in [0.5, 0.6) is 0 Å². The largest absolute Gasteiger partial charge is 0.422 e. The fourth-order valence-electron chi connectivity index (χ4n) is 4.81. The molecule has 1 aliphatic carbocycles. The minimum atomic E-state index is -0.529. The van der Waals surface area contributed by atoms with Gasteiger partial charge in [-0.25, -0.2) is 4.79 Å². The Balaban J connectivity index is 1.91. The molecule has 0 saturated heterocycles. The molecule has 3 heterocycles. The molecule has 2 aliphatic heterocycles. The van der Waals surface area contributed by atoms with E-state index in [-0.39, 0.29) is 5.63 Å². The fraction of sp³-hybridized carbons (Fsp3) is 0.526. The van der Waals surface area contributed by atoms with Crippen molar-refractivity contribution >= 4 is 16.7 Å². The Morgan fingerprint density at radius 1 is 1.09 bits per heavy atom. The summed E-state index contributed by atoms with van der Waals surface area (Å²) < 4.78 is 5.79.